The zero-order chi connectivity index (χ0) is 22.4. The van der Waals surface area contributed by atoms with Gasteiger partial charge in [-0.3, -0.25) is 9.59 Å². The number of imidazole rings is 2. The Morgan fingerprint density at radius 3 is 1.75 bits per heavy atom. The minimum absolute atomic E-state index is 0.0355. The van der Waals surface area contributed by atoms with E-state index in [9.17, 15) is 9.59 Å². The second kappa shape index (κ2) is 14.2. The molecule has 10 nitrogen and oxygen atoms in total. The van der Waals surface area contributed by atoms with Gasteiger partial charge in [0.05, 0.1) is 38.1 Å². The quantitative estimate of drug-likeness (QED) is 0.294. The maximum Gasteiger partial charge on any atom is 0.222 e. The number of H-pyrrole nitrogens is 2. The van der Waals surface area contributed by atoms with Gasteiger partial charge in [0.2, 0.25) is 11.8 Å². The molecule has 0 radical (unpaired) electrons. The lowest BCUT2D eigenvalue weighted by molar-refractivity contribution is -0.126. The minimum atomic E-state index is -0.0810. The van der Waals surface area contributed by atoms with Crippen molar-refractivity contribution in [1.29, 1.82) is 0 Å². The number of aromatic nitrogens is 4. The highest BCUT2D eigenvalue weighted by Gasteiger charge is 2.28. The molecule has 1 aliphatic rings. The van der Waals surface area contributed by atoms with Crippen LogP contribution in [-0.4, -0.2) is 81.8 Å². The van der Waals surface area contributed by atoms with Crippen LogP contribution < -0.4 is 10.6 Å². The molecule has 0 aromatic carbocycles. The number of hydrogen-bond donors (Lipinski definition) is 4. The second-order valence-corrected chi connectivity index (χ2v) is 9.79. The molecule has 1 aliphatic heterocycles. The van der Waals surface area contributed by atoms with Crippen molar-refractivity contribution in [2.75, 3.05) is 37.8 Å². The first-order chi connectivity index (χ1) is 15.7. The van der Waals surface area contributed by atoms with Crippen molar-refractivity contribution in [1.82, 2.24) is 30.6 Å². The lowest BCUT2D eigenvalue weighted by Gasteiger charge is -2.30. The summed E-state index contributed by atoms with van der Waals surface area (Å²) in [5.74, 6) is 1.53. The van der Waals surface area contributed by atoms with Crippen LogP contribution in [0.1, 0.15) is 24.2 Å². The van der Waals surface area contributed by atoms with E-state index in [0.717, 1.165) is 35.7 Å². The first-order valence-electron chi connectivity index (χ1n) is 10.7. The molecule has 1 saturated heterocycles. The number of ether oxygens (including phenoxy) is 2. The third-order valence-electron chi connectivity index (χ3n) is 4.83. The van der Waals surface area contributed by atoms with Gasteiger partial charge in [-0.2, -0.15) is 0 Å². The van der Waals surface area contributed by atoms with Crippen molar-refractivity contribution >= 4 is 33.4 Å². The second-order valence-electron chi connectivity index (χ2n) is 7.24. The Labute approximate surface area is 195 Å². The number of aromatic amines is 2. The average molecular weight is 483 g/mol. The van der Waals surface area contributed by atoms with E-state index in [1.54, 1.807) is 46.6 Å². The molecule has 2 atom stereocenters. The number of carbonyl (C=O) groups is 2. The topological polar surface area (TPSA) is 134 Å². The molecule has 3 heterocycles. The molecule has 3 rings (SSSR count). The molecule has 0 unspecified atom stereocenters. The third-order valence-corrected chi connectivity index (χ3v) is 7.24. The van der Waals surface area contributed by atoms with Crippen LogP contribution in [0.4, 0.5) is 0 Å². The fourth-order valence-electron chi connectivity index (χ4n) is 3.05. The Hall–Kier alpha value is -2.02. The van der Waals surface area contributed by atoms with Gasteiger partial charge in [-0.1, -0.05) is 21.6 Å². The first kappa shape index (κ1) is 24.6. The Kier molecular flexibility index (Phi) is 10.9. The van der Waals surface area contributed by atoms with Gasteiger partial charge in [-0.25, -0.2) is 9.97 Å². The van der Waals surface area contributed by atoms with Gasteiger partial charge in [0.25, 0.3) is 0 Å². The smallest absolute Gasteiger partial charge is 0.222 e. The molecule has 0 aliphatic carbocycles. The summed E-state index contributed by atoms with van der Waals surface area (Å²) >= 11 is 0. The molecule has 2 amide bonds. The molecule has 12 heteroatoms. The van der Waals surface area contributed by atoms with Gasteiger partial charge in [0.1, 0.15) is 0 Å². The van der Waals surface area contributed by atoms with Gasteiger partial charge in [0.15, 0.2) is 0 Å². The summed E-state index contributed by atoms with van der Waals surface area (Å²) in [6.07, 6.45) is 8.64. The van der Waals surface area contributed by atoms with Crippen LogP contribution in [0.25, 0.3) is 0 Å². The van der Waals surface area contributed by atoms with Crippen molar-refractivity contribution in [3.8, 4) is 0 Å². The highest BCUT2D eigenvalue weighted by Crippen LogP contribution is 2.32. The van der Waals surface area contributed by atoms with Gasteiger partial charge in [-0.15, -0.1) is 0 Å². The van der Waals surface area contributed by atoms with Crippen molar-refractivity contribution in [2.45, 2.75) is 37.9 Å². The number of rotatable bonds is 14. The number of carbonyl (C=O) groups excluding carboxylic acids is 2. The minimum Gasteiger partial charge on any atom is -0.374 e. The predicted octanol–water partition coefficient (Wildman–Crippen LogP) is 1.10. The lowest BCUT2D eigenvalue weighted by atomic mass is 10.2. The standard InChI is InChI=1S/C20H30N6O4S2/c27-19(23-5-1-15-9-21-13-25-15)3-7-29-17-11-31-32-12-18(17)30-8-4-20(28)24-6-2-16-10-22-14-26-16/h9-10,13-14,17-18H,1-8,11-12H2,(H,21,25)(H,22,26)(H,23,27)(H,24,28)/t17-,18-/m1/s1. The highest BCUT2D eigenvalue weighted by molar-refractivity contribution is 8.76. The Morgan fingerprint density at radius 2 is 1.34 bits per heavy atom. The predicted molar refractivity (Wildman–Crippen MR) is 124 cm³/mol. The van der Waals surface area contributed by atoms with E-state index in [4.69, 9.17) is 9.47 Å². The van der Waals surface area contributed by atoms with Crippen LogP contribution in [-0.2, 0) is 31.9 Å². The molecule has 2 aromatic rings. The SMILES string of the molecule is O=C(CCO[C@@H]1CSSC[C@H]1OCCC(=O)NCCc1cnc[nH]1)NCCc1cnc[nH]1. The summed E-state index contributed by atoms with van der Waals surface area (Å²) in [6, 6.07) is 0. The maximum atomic E-state index is 12.0. The number of nitrogens with zero attached hydrogens (tertiary/aromatic N) is 2. The molecule has 0 saturated carbocycles. The number of amides is 2. The molecule has 0 spiro atoms. The molecular formula is C20H30N6O4S2. The highest BCUT2D eigenvalue weighted by atomic mass is 33.1. The van der Waals surface area contributed by atoms with Gasteiger partial charge in [0, 0.05) is 74.1 Å². The van der Waals surface area contributed by atoms with Crippen LogP contribution in [0.3, 0.4) is 0 Å². The van der Waals surface area contributed by atoms with Crippen molar-refractivity contribution in [3.05, 3.63) is 36.4 Å². The summed E-state index contributed by atoms with van der Waals surface area (Å²) in [5, 5.41) is 5.77. The van der Waals surface area contributed by atoms with E-state index in [2.05, 4.69) is 30.6 Å². The molecule has 176 valence electrons. The fourth-order valence-corrected chi connectivity index (χ4v) is 5.52. The number of hydrogen-bond acceptors (Lipinski definition) is 8. The first-order valence-corrected chi connectivity index (χ1v) is 13.1. The number of nitrogens with one attached hydrogen (secondary N) is 4. The molecule has 2 aromatic heterocycles. The molecule has 32 heavy (non-hydrogen) atoms. The van der Waals surface area contributed by atoms with E-state index in [0.29, 0.717) is 39.1 Å². The van der Waals surface area contributed by atoms with Crippen LogP contribution in [0.5, 0.6) is 0 Å². The fraction of sp³-hybridized carbons (Fsp3) is 0.600. The summed E-state index contributed by atoms with van der Waals surface area (Å²) in [5.41, 5.74) is 1.98. The molecular weight excluding hydrogens is 452 g/mol. The van der Waals surface area contributed by atoms with Crippen molar-refractivity contribution < 1.29 is 19.1 Å². The monoisotopic (exact) mass is 482 g/mol. The summed E-state index contributed by atoms with van der Waals surface area (Å²) < 4.78 is 11.9. The summed E-state index contributed by atoms with van der Waals surface area (Å²) in [6.45, 7) is 1.82. The van der Waals surface area contributed by atoms with Crippen LogP contribution in [0, 0.1) is 0 Å². The normalized spacial score (nSPS) is 18.4. The van der Waals surface area contributed by atoms with E-state index < -0.39 is 0 Å². The van der Waals surface area contributed by atoms with Crippen LogP contribution in [0.15, 0.2) is 25.0 Å². The van der Waals surface area contributed by atoms with Crippen molar-refractivity contribution in [3.63, 3.8) is 0 Å². The van der Waals surface area contributed by atoms with Crippen LogP contribution in [0.2, 0.25) is 0 Å². The Morgan fingerprint density at radius 1 is 0.875 bits per heavy atom. The van der Waals surface area contributed by atoms with E-state index >= 15 is 0 Å². The van der Waals surface area contributed by atoms with Crippen LogP contribution >= 0.6 is 21.6 Å². The van der Waals surface area contributed by atoms with Gasteiger partial charge >= 0.3 is 0 Å². The molecule has 4 N–H and O–H groups in total. The van der Waals surface area contributed by atoms with E-state index in [-0.39, 0.29) is 24.0 Å². The molecule has 0 bridgehead atoms. The van der Waals surface area contributed by atoms with E-state index in [1.807, 2.05) is 0 Å². The Bertz CT molecular complexity index is 724. The third kappa shape index (κ3) is 9.23. The maximum absolute atomic E-state index is 12.0. The molecule has 1 fully saturated rings. The van der Waals surface area contributed by atoms with Gasteiger partial charge in [-0.05, 0) is 0 Å². The zero-order valence-corrected chi connectivity index (χ0v) is 19.5. The zero-order valence-electron chi connectivity index (χ0n) is 17.9. The summed E-state index contributed by atoms with van der Waals surface area (Å²) in [4.78, 5) is 37.9. The van der Waals surface area contributed by atoms with Gasteiger partial charge < -0.3 is 30.1 Å². The Balaban J connectivity index is 1.25. The average Bonchev–Trinajstić information content (AvgIpc) is 3.49. The van der Waals surface area contributed by atoms with Crippen molar-refractivity contribution in [2.24, 2.45) is 0 Å². The largest absolute Gasteiger partial charge is 0.374 e. The lowest BCUT2D eigenvalue weighted by Crippen LogP contribution is -2.39. The van der Waals surface area contributed by atoms with E-state index in [1.165, 1.54) is 0 Å². The summed E-state index contributed by atoms with van der Waals surface area (Å²) in [7, 11) is 3.48.